The number of hydrogen-bond donors (Lipinski definition) is 1. The summed E-state index contributed by atoms with van der Waals surface area (Å²) in [5.41, 5.74) is -0.469. The van der Waals surface area contributed by atoms with E-state index in [4.69, 9.17) is 5.11 Å². The van der Waals surface area contributed by atoms with Gasteiger partial charge in [-0.1, -0.05) is 17.9 Å². The molecule has 7 heteroatoms. The van der Waals surface area contributed by atoms with Crippen LogP contribution in [0.4, 0.5) is 0 Å². The molecule has 0 saturated heterocycles. The molecule has 6 nitrogen and oxygen atoms in total. The summed E-state index contributed by atoms with van der Waals surface area (Å²) < 4.78 is 32.5. The zero-order valence-electron chi connectivity index (χ0n) is 8.78. The molecule has 0 amide bonds. The zero-order chi connectivity index (χ0) is 13.5. The lowest BCUT2D eigenvalue weighted by Gasteiger charge is -2.13. The Kier molecular flexibility index (Phi) is 2.72. The molecular weight excluding hydrogens is 260 g/mol. The molecule has 0 heterocycles. The molecule has 0 aliphatic heterocycles. The van der Waals surface area contributed by atoms with E-state index in [1.165, 1.54) is 6.07 Å². The number of rotatable bonds is 2. The first-order valence-electron chi connectivity index (χ1n) is 4.73. The second-order valence-electron chi connectivity index (χ2n) is 3.62. The average Bonchev–Trinajstić information content (AvgIpc) is 2.25. The largest absolute Gasteiger partial charge is 0.872 e. The Balaban J connectivity index is 2.77. The molecule has 0 atom stereocenters. The van der Waals surface area contributed by atoms with Gasteiger partial charge in [-0.05, 0) is 29.0 Å². The Bertz CT molecular complexity index is 747. The molecule has 0 aromatic heterocycles. The highest BCUT2D eigenvalue weighted by molar-refractivity contribution is 7.85. The Hall–Kier alpha value is -2.12. The first kappa shape index (κ1) is 12.3. The van der Waals surface area contributed by atoms with E-state index >= 15 is 0 Å². The molecule has 0 fully saturated rings. The van der Waals surface area contributed by atoms with Crippen LogP contribution < -0.4 is 5.11 Å². The van der Waals surface area contributed by atoms with Crippen molar-refractivity contribution < 1.29 is 28.0 Å². The minimum Gasteiger partial charge on any atom is -0.872 e. The number of fused-ring (bicyclic) bond motifs is 1. The van der Waals surface area contributed by atoms with Crippen LogP contribution in [0.25, 0.3) is 10.8 Å². The molecular formula is C11H6O6S-2. The normalized spacial score (nSPS) is 11.6. The number of carbonyl (C=O) groups is 1. The van der Waals surface area contributed by atoms with Gasteiger partial charge in [0.2, 0.25) is 0 Å². The first-order chi connectivity index (χ1) is 8.29. The maximum Gasteiger partial charge on any atom is 0.335 e. The van der Waals surface area contributed by atoms with Crippen LogP contribution in [0.1, 0.15) is 10.4 Å². The van der Waals surface area contributed by atoms with Crippen LogP contribution in [0.15, 0.2) is 35.2 Å². The van der Waals surface area contributed by atoms with E-state index in [0.717, 1.165) is 24.3 Å². The van der Waals surface area contributed by atoms with Crippen molar-refractivity contribution in [2.45, 2.75) is 4.90 Å². The van der Waals surface area contributed by atoms with Crippen molar-refractivity contribution in [2.75, 3.05) is 0 Å². The number of benzene rings is 2. The molecule has 18 heavy (non-hydrogen) atoms. The smallest absolute Gasteiger partial charge is 0.335 e. The van der Waals surface area contributed by atoms with E-state index in [2.05, 4.69) is 0 Å². The maximum absolute atomic E-state index is 11.4. The van der Waals surface area contributed by atoms with Gasteiger partial charge >= 0.3 is 5.97 Å². The number of hydrogen-bond acceptors (Lipinski definition) is 5. The van der Waals surface area contributed by atoms with Gasteiger partial charge in [-0.3, -0.25) is 0 Å². The first-order valence-corrected chi connectivity index (χ1v) is 6.14. The lowest BCUT2D eigenvalue weighted by Crippen LogP contribution is -2.04. The molecule has 2 rings (SSSR count). The second kappa shape index (κ2) is 3.97. The van der Waals surface area contributed by atoms with Crippen LogP contribution >= 0.6 is 0 Å². The highest BCUT2D eigenvalue weighted by atomic mass is 32.2. The monoisotopic (exact) mass is 266 g/mol. The number of carboxylic acid groups (broad SMARTS) is 1. The molecule has 94 valence electrons. The van der Waals surface area contributed by atoms with Crippen molar-refractivity contribution in [1.82, 2.24) is 0 Å². The van der Waals surface area contributed by atoms with Crippen LogP contribution in [-0.2, 0) is 10.1 Å². The predicted molar refractivity (Wildman–Crippen MR) is 58.3 cm³/mol. The Morgan fingerprint density at radius 2 is 1.78 bits per heavy atom. The lowest BCUT2D eigenvalue weighted by atomic mass is 10.1. The Labute approximate surface area is 102 Å². The molecule has 0 saturated carbocycles. The maximum atomic E-state index is 11.4. The summed E-state index contributed by atoms with van der Waals surface area (Å²) in [5, 5.41) is 20.8. The van der Waals surface area contributed by atoms with Gasteiger partial charge in [-0.2, -0.15) is 0 Å². The molecule has 0 aliphatic carbocycles. The quantitative estimate of drug-likeness (QED) is 0.791. The molecule has 0 bridgehead atoms. The molecule has 0 radical (unpaired) electrons. The van der Waals surface area contributed by atoms with Gasteiger partial charge < -0.3 is 14.8 Å². The molecule has 2 aromatic rings. The Morgan fingerprint density at radius 1 is 1.11 bits per heavy atom. The highest BCUT2D eigenvalue weighted by Crippen LogP contribution is 2.25. The fraction of sp³-hybridized carbons (Fsp3) is 0. The Morgan fingerprint density at radius 3 is 2.33 bits per heavy atom. The zero-order valence-corrected chi connectivity index (χ0v) is 9.60. The lowest BCUT2D eigenvalue weighted by molar-refractivity contribution is -0.268. The van der Waals surface area contributed by atoms with Crippen LogP contribution in [0, 0.1) is 0 Å². The third kappa shape index (κ3) is 2.13. The van der Waals surface area contributed by atoms with Gasteiger partial charge in [-0.25, -0.2) is 13.2 Å². The van der Waals surface area contributed by atoms with Gasteiger partial charge in [0.25, 0.3) is 0 Å². The topological polar surface area (TPSA) is 118 Å². The average molecular weight is 266 g/mol. The van der Waals surface area contributed by atoms with Gasteiger partial charge in [0, 0.05) is 0 Å². The van der Waals surface area contributed by atoms with Crippen molar-refractivity contribution in [2.24, 2.45) is 0 Å². The van der Waals surface area contributed by atoms with Crippen LogP contribution in [0.2, 0.25) is 0 Å². The SMILES string of the molecule is O=C(O)c1cc2cc(S(=O)(=O)[O-])ccc2cc1[O-]. The number of aromatic carboxylic acids is 1. The van der Waals surface area contributed by atoms with Crippen LogP contribution in [0.3, 0.4) is 0 Å². The van der Waals surface area contributed by atoms with Crippen molar-refractivity contribution in [3.05, 3.63) is 35.9 Å². The summed E-state index contributed by atoms with van der Waals surface area (Å²) >= 11 is 0. The van der Waals surface area contributed by atoms with Gasteiger partial charge in [0.1, 0.15) is 10.1 Å². The van der Waals surface area contributed by atoms with E-state index < -0.39 is 32.3 Å². The van der Waals surface area contributed by atoms with Gasteiger partial charge in [-0.15, -0.1) is 0 Å². The molecule has 2 aromatic carbocycles. The summed E-state index contributed by atoms with van der Waals surface area (Å²) in [7, 11) is -4.61. The third-order valence-electron chi connectivity index (χ3n) is 2.43. The van der Waals surface area contributed by atoms with Crippen molar-refractivity contribution >= 4 is 26.9 Å². The fourth-order valence-corrected chi connectivity index (χ4v) is 2.08. The van der Waals surface area contributed by atoms with Crippen LogP contribution in [-0.4, -0.2) is 24.0 Å². The molecule has 0 aliphatic rings. The summed E-state index contributed by atoms with van der Waals surface area (Å²) in [6, 6.07) is 5.54. The van der Waals surface area contributed by atoms with Crippen molar-refractivity contribution in [1.29, 1.82) is 0 Å². The molecule has 1 N–H and O–H groups in total. The summed E-state index contributed by atoms with van der Waals surface area (Å²) in [4.78, 5) is 10.3. The van der Waals surface area contributed by atoms with E-state index in [1.54, 1.807) is 0 Å². The highest BCUT2D eigenvalue weighted by Gasteiger charge is 2.08. The fourth-order valence-electron chi connectivity index (χ4n) is 1.58. The summed E-state index contributed by atoms with van der Waals surface area (Å²) in [6.07, 6.45) is 0. The predicted octanol–water partition coefficient (Wildman–Crippen LogP) is 0.516. The van der Waals surface area contributed by atoms with Crippen LogP contribution in [0.5, 0.6) is 5.75 Å². The molecule has 0 unspecified atom stereocenters. The van der Waals surface area contributed by atoms with E-state index in [0.29, 0.717) is 5.39 Å². The van der Waals surface area contributed by atoms with Crippen molar-refractivity contribution in [3.8, 4) is 5.75 Å². The minimum atomic E-state index is -4.61. The van der Waals surface area contributed by atoms with Gasteiger partial charge in [0.15, 0.2) is 0 Å². The standard InChI is InChI=1S/C11H8O6S/c12-10-5-6-1-2-8(18(15,16)17)3-7(6)4-9(10)11(13)14/h1-5,12H,(H,13,14)(H,15,16,17)/p-2. The van der Waals surface area contributed by atoms with Gasteiger partial charge in [0.05, 0.1) is 10.5 Å². The summed E-state index contributed by atoms with van der Waals surface area (Å²) in [5.74, 6) is -2.08. The third-order valence-corrected chi connectivity index (χ3v) is 3.26. The second-order valence-corrected chi connectivity index (χ2v) is 5.00. The van der Waals surface area contributed by atoms with E-state index in [1.807, 2.05) is 0 Å². The number of carboxylic acids is 1. The minimum absolute atomic E-state index is 0.212. The van der Waals surface area contributed by atoms with E-state index in [-0.39, 0.29) is 5.39 Å². The van der Waals surface area contributed by atoms with Crippen molar-refractivity contribution in [3.63, 3.8) is 0 Å². The van der Waals surface area contributed by atoms with E-state index in [9.17, 15) is 22.9 Å². The molecule has 0 spiro atoms. The summed E-state index contributed by atoms with van der Waals surface area (Å²) in [6.45, 7) is 0.